The van der Waals surface area contributed by atoms with Gasteiger partial charge < -0.3 is 10.5 Å². The molecular formula is C17H27N3O. The third kappa shape index (κ3) is 3.74. The molecule has 2 rings (SSSR count). The first-order valence-electron chi connectivity index (χ1n) is 7.71. The molecule has 0 aromatic carbocycles. The summed E-state index contributed by atoms with van der Waals surface area (Å²) in [6, 6.07) is 0. The molecule has 0 fully saturated rings. The topological polar surface area (TPSA) is 61.0 Å². The van der Waals surface area contributed by atoms with E-state index >= 15 is 0 Å². The maximum Gasteiger partial charge on any atom is 0.221 e. The monoisotopic (exact) mass is 289 g/mol. The largest absolute Gasteiger partial charge is 0.477 e. The molecule has 2 N–H and O–H groups in total. The zero-order chi connectivity index (χ0) is 15.6. The van der Waals surface area contributed by atoms with E-state index in [1.54, 1.807) is 0 Å². The predicted molar refractivity (Wildman–Crippen MR) is 86.4 cm³/mol. The summed E-state index contributed by atoms with van der Waals surface area (Å²) in [5.74, 6) is 3.08. The van der Waals surface area contributed by atoms with Crippen molar-refractivity contribution in [1.29, 1.82) is 0 Å². The van der Waals surface area contributed by atoms with Crippen LogP contribution in [0.15, 0.2) is 12.2 Å². The van der Waals surface area contributed by atoms with Crippen LogP contribution in [0.3, 0.4) is 0 Å². The molecule has 1 aliphatic rings. The van der Waals surface area contributed by atoms with E-state index in [4.69, 9.17) is 10.5 Å². The highest BCUT2D eigenvalue weighted by molar-refractivity contribution is 5.45. The average molecular weight is 289 g/mol. The van der Waals surface area contributed by atoms with Crippen molar-refractivity contribution >= 4 is 5.82 Å². The van der Waals surface area contributed by atoms with Crippen LogP contribution in [0.5, 0.6) is 5.88 Å². The Morgan fingerprint density at radius 2 is 1.90 bits per heavy atom. The van der Waals surface area contributed by atoms with E-state index in [2.05, 4.69) is 49.8 Å². The van der Waals surface area contributed by atoms with Gasteiger partial charge in [-0.2, -0.15) is 4.98 Å². The van der Waals surface area contributed by atoms with Crippen molar-refractivity contribution < 1.29 is 4.74 Å². The maximum atomic E-state index is 6.01. The van der Waals surface area contributed by atoms with Gasteiger partial charge in [0.25, 0.3) is 0 Å². The summed E-state index contributed by atoms with van der Waals surface area (Å²) in [4.78, 5) is 8.97. The van der Waals surface area contributed by atoms with Crippen molar-refractivity contribution in [3.05, 3.63) is 23.5 Å². The first-order chi connectivity index (χ1) is 9.79. The highest BCUT2D eigenvalue weighted by atomic mass is 16.5. The number of aromatic nitrogens is 2. The summed E-state index contributed by atoms with van der Waals surface area (Å²) >= 11 is 0. The van der Waals surface area contributed by atoms with Gasteiger partial charge in [-0.15, -0.1) is 0 Å². The summed E-state index contributed by atoms with van der Waals surface area (Å²) in [6.45, 7) is 11.1. The molecule has 0 aliphatic heterocycles. The number of hydrogen-bond donors (Lipinski definition) is 1. The predicted octanol–water partition coefficient (Wildman–Crippen LogP) is 3.65. The van der Waals surface area contributed by atoms with Crippen molar-refractivity contribution in [2.45, 2.75) is 52.9 Å². The number of nitrogen functional groups attached to an aromatic ring is 1. The summed E-state index contributed by atoms with van der Waals surface area (Å²) < 4.78 is 6.00. The van der Waals surface area contributed by atoms with Crippen LogP contribution in [0.25, 0.3) is 0 Å². The normalized spacial score (nSPS) is 22.3. The zero-order valence-corrected chi connectivity index (χ0v) is 13.8. The fraction of sp³-hybridized carbons (Fsp3) is 0.647. The van der Waals surface area contributed by atoms with Crippen LogP contribution in [0.4, 0.5) is 5.82 Å². The number of ether oxygens (including phenoxy) is 1. The summed E-state index contributed by atoms with van der Waals surface area (Å²) in [7, 11) is 0. The van der Waals surface area contributed by atoms with Gasteiger partial charge in [0.05, 0.1) is 12.2 Å². The Bertz CT molecular complexity index is 532. The molecule has 4 heteroatoms. The van der Waals surface area contributed by atoms with Gasteiger partial charge in [-0.25, -0.2) is 4.98 Å². The molecular weight excluding hydrogens is 262 g/mol. The summed E-state index contributed by atoms with van der Waals surface area (Å²) in [6.07, 6.45) is 6.71. The molecule has 116 valence electrons. The van der Waals surface area contributed by atoms with Crippen LogP contribution in [-0.4, -0.2) is 16.6 Å². The van der Waals surface area contributed by atoms with Gasteiger partial charge in [0, 0.05) is 5.41 Å². The Labute approximate surface area is 127 Å². The second-order valence-corrected chi connectivity index (χ2v) is 7.10. The number of nitrogens with zero attached hydrogens (tertiary/aromatic N) is 2. The SMILES string of the molecule is Cc1c(N)nc(C(C)(C)C)nc1OCC1CC=CCC1C. The van der Waals surface area contributed by atoms with E-state index in [-0.39, 0.29) is 5.41 Å². The Morgan fingerprint density at radius 1 is 1.24 bits per heavy atom. The second kappa shape index (κ2) is 6.04. The van der Waals surface area contributed by atoms with E-state index < -0.39 is 0 Å². The minimum Gasteiger partial charge on any atom is -0.477 e. The molecule has 1 aromatic rings. The molecule has 0 amide bonds. The third-order valence-electron chi connectivity index (χ3n) is 4.16. The number of nitrogens with two attached hydrogens (primary N) is 1. The third-order valence-corrected chi connectivity index (χ3v) is 4.16. The smallest absolute Gasteiger partial charge is 0.221 e. The Balaban J connectivity index is 2.16. The summed E-state index contributed by atoms with van der Waals surface area (Å²) in [5.41, 5.74) is 6.71. The second-order valence-electron chi connectivity index (χ2n) is 7.10. The molecule has 2 atom stereocenters. The Morgan fingerprint density at radius 3 is 2.52 bits per heavy atom. The highest BCUT2D eigenvalue weighted by Gasteiger charge is 2.23. The minimum atomic E-state index is -0.138. The zero-order valence-electron chi connectivity index (χ0n) is 13.8. The lowest BCUT2D eigenvalue weighted by atomic mass is 9.85. The van der Waals surface area contributed by atoms with E-state index in [9.17, 15) is 0 Å². The highest BCUT2D eigenvalue weighted by Crippen LogP contribution is 2.29. The molecule has 4 nitrogen and oxygen atoms in total. The van der Waals surface area contributed by atoms with E-state index in [1.165, 1.54) is 0 Å². The Kier molecular flexibility index (Phi) is 4.55. The number of hydrogen-bond acceptors (Lipinski definition) is 4. The van der Waals surface area contributed by atoms with Gasteiger partial charge in [0.1, 0.15) is 11.6 Å². The lowest BCUT2D eigenvalue weighted by Gasteiger charge is -2.26. The van der Waals surface area contributed by atoms with Crippen molar-refractivity contribution in [1.82, 2.24) is 9.97 Å². The van der Waals surface area contributed by atoms with Gasteiger partial charge in [-0.1, -0.05) is 39.8 Å². The first-order valence-corrected chi connectivity index (χ1v) is 7.71. The lowest BCUT2D eigenvalue weighted by Crippen LogP contribution is -2.23. The van der Waals surface area contributed by atoms with Crippen LogP contribution < -0.4 is 10.5 Å². The fourth-order valence-electron chi connectivity index (χ4n) is 2.41. The maximum absolute atomic E-state index is 6.01. The van der Waals surface area contributed by atoms with Crippen molar-refractivity contribution in [2.75, 3.05) is 12.3 Å². The molecule has 1 aliphatic carbocycles. The standard InChI is InChI=1S/C17H27N3O/c1-11-8-6-7-9-13(11)10-21-15-12(2)14(18)19-16(20-15)17(3,4)5/h6-7,11,13H,8-10H2,1-5H3,(H2,18,19,20). The van der Waals surface area contributed by atoms with E-state index in [1.807, 2.05) is 6.92 Å². The van der Waals surface area contributed by atoms with Crippen molar-refractivity contribution in [3.8, 4) is 5.88 Å². The van der Waals surface area contributed by atoms with Crippen LogP contribution in [0.2, 0.25) is 0 Å². The number of anilines is 1. The molecule has 0 radical (unpaired) electrons. The average Bonchev–Trinajstić information content (AvgIpc) is 2.40. The fourth-order valence-corrected chi connectivity index (χ4v) is 2.41. The first kappa shape index (κ1) is 15.8. The van der Waals surface area contributed by atoms with Gasteiger partial charge in [0.15, 0.2) is 0 Å². The number of rotatable bonds is 3. The Hall–Kier alpha value is -1.58. The molecule has 0 bridgehead atoms. The van der Waals surface area contributed by atoms with Gasteiger partial charge >= 0.3 is 0 Å². The van der Waals surface area contributed by atoms with Crippen LogP contribution >= 0.6 is 0 Å². The lowest BCUT2D eigenvalue weighted by molar-refractivity contribution is 0.190. The van der Waals surface area contributed by atoms with E-state index in [0.29, 0.717) is 30.1 Å². The van der Waals surface area contributed by atoms with Gasteiger partial charge in [0.2, 0.25) is 5.88 Å². The van der Waals surface area contributed by atoms with E-state index in [0.717, 1.165) is 24.2 Å². The van der Waals surface area contributed by atoms with Crippen LogP contribution in [0.1, 0.15) is 51.9 Å². The van der Waals surface area contributed by atoms with Crippen molar-refractivity contribution in [2.24, 2.45) is 11.8 Å². The molecule has 2 unspecified atom stereocenters. The molecule has 1 heterocycles. The number of allylic oxidation sites excluding steroid dienone is 2. The molecule has 0 spiro atoms. The van der Waals surface area contributed by atoms with Crippen molar-refractivity contribution in [3.63, 3.8) is 0 Å². The van der Waals surface area contributed by atoms with Gasteiger partial charge in [-0.05, 0) is 31.6 Å². The summed E-state index contributed by atoms with van der Waals surface area (Å²) in [5, 5.41) is 0. The van der Waals surface area contributed by atoms with Gasteiger partial charge in [-0.3, -0.25) is 0 Å². The molecule has 0 saturated carbocycles. The minimum absolute atomic E-state index is 0.138. The molecule has 0 saturated heterocycles. The quantitative estimate of drug-likeness (QED) is 0.863. The molecule has 21 heavy (non-hydrogen) atoms. The molecule has 1 aromatic heterocycles. The van der Waals surface area contributed by atoms with Crippen LogP contribution in [0, 0.1) is 18.8 Å². The van der Waals surface area contributed by atoms with Crippen LogP contribution in [-0.2, 0) is 5.41 Å².